The van der Waals surface area contributed by atoms with Crippen molar-refractivity contribution in [3.63, 3.8) is 0 Å². The van der Waals surface area contributed by atoms with Crippen molar-refractivity contribution in [2.45, 2.75) is 31.7 Å². The van der Waals surface area contributed by atoms with Crippen molar-refractivity contribution in [3.05, 3.63) is 58.5 Å². The molecule has 0 aliphatic heterocycles. The van der Waals surface area contributed by atoms with Crippen LogP contribution >= 0.6 is 11.6 Å². The van der Waals surface area contributed by atoms with Crippen LogP contribution < -0.4 is 5.32 Å². The fraction of sp³-hybridized carbons (Fsp3) is 0.375. The van der Waals surface area contributed by atoms with Gasteiger partial charge in [-0.25, -0.2) is 0 Å². The van der Waals surface area contributed by atoms with Crippen LogP contribution in [-0.4, -0.2) is 6.54 Å². The summed E-state index contributed by atoms with van der Waals surface area (Å²) >= 11 is 5.88. The lowest BCUT2D eigenvalue weighted by molar-refractivity contribution is 0.368. The van der Waals surface area contributed by atoms with Gasteiger partial charge >= 0.3 is 0 Å². The van der Waals surface area contributed by atoms with Gasteiger partial charge in [-0.3, -0.25) is 0 Å². The molecular weight excluding hydrogens is 258 g/mol. The summed E-state index contributed by atoms with van der Waals surface area (Å²) in [6.07, 6.45) is 2.24. The zero-order valence-corrected chi connectivity index (χ0v) is 11.8. The Morgan fingerprint density at radius 1 is 1.32 bits per heavy atom. The molecule has 0 radical (unpaired) electrons. The summed E-state index contributed by atoms with van der Waals surface area (Å²) in [5.41, 5.74) is 2.98. The molecule has 19 heavy (non-hydrogen) atoms. The minimum atomic E-state index is 0.246. The van der Waals surface area contributed by atoms with E-state index in [0.29, 0.717) is 11.1 Å². The molecule has 2 unspecified atom stereocenters. The van der Waals surface area contributed by atoms with Gasteiger partial charge in [0.25, 0.3) is 0 Å². The van der Waals surface area contributed by atoms with E-state index in [1.54, 1.807) is 0 Å². The Morgan fingerprint density at radius 2 is 2.16 bits per heavy atom. The normalized spacial score (nSPS) is 18.7. The molecule has 1 N–H and O–H groups in total. The van der Waals surface area contributed by atoms with Crippen molar-refractivity contribution in [3.8, 4) is 0 Å². The molecule has 0 saturated carbocycles. The maximum Gasteiger partial charge on any atom is 0.193 e. The first kappa shape index (κ1) is 12.8. The Kier molecular flexibility index (Phi) is 3.63. The van der Waals surface area contributed by atoms with Crippen LogP contribution in [0.2, 0.25) is 5.22 Å². The average molecular weight is 276 g/mol. The number of hydrogen-bond acceptors (Lipinski definition) is 2. The van der Waals surface area contributed by atoms with Crippen LogP contribution in [0.15, 0.2) is 40.8 Å². The third-order valence-corrected chi connectivity index (χ3v) is 4.07. The van der Waals surface area contributed by atoms with Gasteiger partial charge in [-0.05, 0) is 60.2 Å². The number of furan rings is 1. The van der Waals surface area contributed by atoms with E-state index in [1.807, 2.05) is 12.1 Å². The fourth-order valence-electron chi connectivity index (χ4n) is 2.92. The summed E-state index contributed by atoms with van der Waals surface area (Å²) in [5, 5.41) is 3.95. The second-order valence-electron chi connectivity index (χ2n) is 5.09. The van der Waals surface area contributed by atoms with E-state index in [1.165, 1.54) is 17.5 Å². The van der Waals surface area contributed by atoms with Crippen LogP contribution in [0.1, 0.15) is 42.2 Å². The summed E-state index contributed by atoms with van der Waals surface area (Å²) in [7, 11) is 0. The third-order valence-electron chi connectivity index (χ3n) is 3.87. The Bertz CT molecular complexity index is 563. The largest absolute Gasteiger partial charge is 0.448 e. The quantitative estimate of drug-likeness (QED) is 0.879. The van der Waals surface area contributed by atoms with Crippen LogP contribution in [0.4, 0.5) is 0 Å². The predicted octanol–water partition coefficient (Wildman–Crippen LogP) is 4.31. The van der Waals surface area contributed by atoms with Gasteiger partial charge in [0.15, 0.2) is 5.22 Å². The first-order chi connectivity index (χ1) is 9.28. The molecule has 1 aliphatic rings. The number of nitrogens with one attached hydrogen (secondary N) is 1. The van der Waals surface area contributed by atoms with Gasteiger partial charge in [-0.2, -0.15) is 0 Å². The van der Waals surface area contributed by atoms with Crippen LogP contribution in [0.25, 0.3) is 0 Å². The zero-order valence-electron chi connectivity index (χ0n) is 11.0. The van der Waals surface area contributed by atoms with Gasteiger partial charge in [0, 0.05) is 0 Å². The molecule has 0 fully saturated rings. The van der Waals surface area contributed by atoms with E-state index in [0.717, 1.165) is 18.7 Å². The molecule has 100 valence electrons. The Hall–Kier alpha value is -1.25. The van der Waals surface area contributed by atoms with Crippen molar-refractivity contribution >= 4 is 11.6 Å². The molecule has 3 heteroatoms. The molecule has 0 amide bonds. The molecule has 2 nitrogen and oxygen atoms in total. The van der Waals surface area contributed by atoms with E-state index >= 15 is 0 Å². The summed E-state index contributed by atoms with van der Waals surface area (Å²) < 4.78 is 5.56. The second-order valence-corrected chi connectivity index (χ2v) is 5.46. The molecule has 1 aromatic heterocycles. The lowest BCUT2D eigenvalue weighted by Gasteiger charge is -2.32. The van der Waals surface area contributed by atoms with Crippen molar-refractivity contribution in [2.24, 2.45) is 0 Å². The Morgan fingerprint density at radius 3 is 2.84 bits per heavy atom. The lowest BCUT2D eigenvalue weighted by atomic mass is 9.74. The Labute approximate surface area is 118 Å². The van der Waals surface area contributed by atoms with E-state index in [4.69, 9.17) is 16.0 Å². The third kappa shape index (κ3) is 2.56. The van der Waals surface area contributed by atoms with Gasteiger partial charge in [-0.1, -0.05) is 31.2 Å². The first-order valence-electron chi connectivity index (χ1n) is 6.84. The van der Waals surface area contributed by atoms with Gasteiger partial charge in [-0.15, -0.1) is 0 Å². The van der Waals surface area contributed by atoms with Crippen LogP contribution in [-0.2, 0) is 6.42 Å². The van der Waals surface area contributed by atoms with E-state index in [9.17, 15) is 0 Å². The molecule has 0 bridgehead atoms. The summed E-state index contributed by atoms with van der Waals surface area (Å²) in [6.45, 7) is 3.05. The molecular formula is C16H18ClNO. The molecule has 0 saturated heterocycles. The number of fused-ring (bicyclic) bond motifs is 1. The maximum atomic E-state index is 5.88. The van der Waals surface area contributed by atoms with Crippen LogP contribution in [0.5, 0.6) is 0 Å². The van der Waals surface area contributed by atoms with Gasteiger partial charge in [0.2, 0.25) is 0 Å². The summed E-state index contributed by atoms with van der Waals surface area (Å²) in [4.78, 5) is 0. The highest BCUT2D eigenvalue weighted by molar-refractivity contribution is 6.28. The summed E-state index contributed by atoms with van der Waals surface area (Å²) in [6, 6.07) is 12.7. The highest BCUT2D eigenvalue weighted by Crippen LogP contribution is 2.41. The predicted molar refractivity (Wildman–Crippen MR) is 77.6 cm³/mol. The van der Waals surface area contributed by atoms with Gasteiger partial charge in [0.1, 0.15) is 5.76 Å². The zero-order chi connectivity index (χ0) is 13.2. The molecule has 3 rings (SSSR count). The summed E-state index contributed by atoms with van der Waals surface area (Å²) in [5.74, 6) is 1.57. The topological polar surface area (TPSA) is 25.2 Å². The van der Waals surface area contributed by atoms with Gasteiger partial charge in [0.05, 0.1) is 6.04 Å². The van der Waals surface area contributed by atoms with Crippen molar-refractivity contribution in [1.29, 1.82) is 0 Å². The number of rotatable bonds is 5. The molecule has 1 heterocycles. The molecule has 1 aliphatic carbocycles. The second kappa shape index (κ2) is 5.40. The number of hydrogen-bond donors (Lipinski definition) is 1. The lowest BCUT2D eigenvalue weighted by Crippen LogP contribution is -2.26. The number of benzene rings is 1. The average Bonchev–Trinajstić information content (AvgIpc) is 2.81. The number of halogens is 1. The van der Waals surface area contributed by atoms with E-state index in [2.05, 4.69) is 36.5 Å². The highest BCUT2D eigenvalue weighted by Gasteiger charge is 2.29. The van der Waals surface area contributed by atoms with E-state index < -0.39 is 0 Å². The fourth-order valence-corrected chi connectivity index (χ4v) is 3.07. The van der Waals surface area contributed by atoms with Crippen LogP contribution in [0, 0.1) is 0 Å². The highest BCUT2D eigenvalue weighted by atomic mass is 35.5. The van der Waals surface area contributed by atoms with Crippen molar-refractivity contribution < 1.29 is 4.42 Å². The molecule has 2 aromatic rings. The smallest absolute Gasteiger partial charge is 0.193 e. The molecule has 0 spiro atoms. The SMILES string of the molecule is CCNC(CC1Cc2ccccc21)c1ccc(Cl)o1. The minimum absolute atomic E-state index is 0.246. The van der Waals surface area contributed by atoms with Crippen LogP contribution in [0.3, 0.4) is 0 Å². The standard InChI is InChI=1S/C16H18ClNO/c1-2-18-14(15-7-8-16(17)19-15)10-12-9-11-5-3-4-6-13(11)12/h3-8,12,14,18H,2,9-10H2,1H3. The first-order valence-corrected chi connectivity index (χ1v) is 7.22. The Balaban J connectivity index is 1.73. The van der Waals surface area contributed by atoms with Crippen molar-refractivity contribution in [2.75, 3.05) is 6.54 Å². The maximum absolute atomic E-state index is 5.88. The van der Waals surface area contributed by atoms with Gasteiger partial charge < -0.3 is 9.73 Å². The van der Waals surface area contributed by atoms with Crippen molar-refractivity contribution in [1.82, 2.24) is 5.32 Å². The molecule has 1 aromatic carbocycles. The monoisotopic (exact) mass is 275 g/mol. The molecule has 2 atom stereocenters. The minimum Gasteiger partial charge on any atom is -0.448 e. The van der Waals surface area contributed by atoms with E-state index in [-0.39, 0.29) is 6.04 Å².